The average molecular weight is 485 g/mol. The maximum atomic E-state index is 11.5. The highest BCUT2D eigenvalue weighted by atomic mass is 32.5. The highest BCUT2D eigenvalue weighted by molar-refractivity contribution is 8.07. The van der Waals surface area contributed by atoms with Gasteiger partial charge in [-0.05, 0) is 24.3 Å². The van der Waals surface area contributed by atoms with Gasteiger partial charge in [0.25, 0.3) is 5.69 Å². The molecule has 0 spiro atoms. The zero-order valence-corrected chi connectivity index (χ0v) is 19.2. The lowest BCUT2D eigenvalue weighted by Crippen LogP contribution is -2.14. The number of nitro benzene ring substituents is 1. The van der Waals surface area contributed by atoms with Crippen molar-refractivity contribution in [2.75, 3.05) is 28.4 Å². The second kappa shape index (κ2) is 11.4. The summed E-state index contributed by atoms with van der Waals surface area (Å²) in [6, 6.07) is 12.5. The van der Waals surface area contributed by atoms with E-state index in [1.54, 1.807) is 24.3 Å². The smallest absolute Gasteiger partial charge is 0.444 e. The lowest BCUT2D eigenvalue weighted by molar-refractivity contribution is -0.384. The molecule has 0 aliphatic rings. The Labute approximate surface area is 187 Å². The van der Waals surface area contributed by atoms with Crippen LogP contribution < -0.4 is 19.8 Å². The highest BCUT2D eigenvalue weighted by Crippen LogP contribution is 2.48. The average Bonchev–Trinajstić information content (AvgIpc) is 3.20. The Balaban J connectivity index is 0.000000227. The summed E-state index contributed by atoms with van der Waals surface area (Å²) in [5, 5.41) is 14.3. The molecule has 0 amide bonds. The minimum absolute atomic E-state index is 0.0181. The third kappa shape index (κ3) is 6.37. The van der Waals surface area contributed by atoms with E-state index in [2.05, 4.69) is 5.10 Å². The normalized spacial score (nSPS) is 10.6. The van der Waals surface area contributed by atoms with Crippen LogP contribution in [0, 0.1) is 10.1 Å². The summed E-state index contributed by atoms with van der Waals surface area (Å²) >= 11 is 4.98. The van der Waals surface area contributed by atoms with E-state index >= 15 is 0 Å². The van der Waals surface area contributed by atoms with E-state index in [-0.39, 0.29) is 11.8 Å². The number of nitrogens with zero attached hydrogens (tertiary/aromatic N) is 3. The van der Waals surface area contributed by atoms with Gasteiger partial charge in [0.15, 0.2) is 0 Å². The van der Waals surface area contributed by atoms with Crippen LogP contribution in [0.4, 0.5) is 5.69 Å². The molecule has 0 radical (unpaired) electrons. The summed E-state index contributed by atoms with van der Waals surface area (Å²) < 4.78 is 30.8. The van der Waals surface area contributed by atoms with Crippen molar-refractivity contribution in [3.63, 3.8) is 0 Å². The summed E-state index contributed by atoms with van der Waals surface area (Å²) in [5.41, 5.74) is 0.484. The first-order valence-electron chi connectivity index (χ1n) is 8.70. The van der Waals surface area contributed by atoms with Crippen LogP contribution in [0.3, 0.4) is 0 Å². The standard InChI is InChI=1S/C10H10N2O4.C8H10NO5PS/c1-14-8-6-4-3-5-7(8)12-10(13)16-9(11-12)15-2;1-12-15(16,13-2)14-8-5-3-7(4-6-8)9(10)11/h2*3-6H,1-2H3. The first-order valence-corrected chi connectivity index (χ1v) is 11.3. The van der Waals surface area contributed by atoms with Crippen molar-refractivity contribution in [2.45, 2.75) is 0 Å². The number of ether oxygens (including phenoxy) is 2. The third-order valence-corrected chi connectivity index (χ3v) is 6.18. The Morgan fingerprint density at radius 3 is 2.16 bits per heavy atom. The first kappa shape index (κ1) is 25.0. The van der Waals surface area contributed by atoms with E-state index in [0.29, 0.717) is 17.2 Å². The van der Waals surface area contributed by atoms with E-state index in [1.165, 1.54) is 52.7 Å². The Morgan fingerprint density at radius 2 is 1.66 bits per heavy atom. The summed E-state index contributed by atoms with van der Waals surface area (Å²) in [6.07, 6.45) is -0.0871. The number of aromatic nitrogens is 2. The fraction of sp³-hybridized carbons (Fsp3) is 0.222. The molecule has 3 aromatic rings. The molecule has 12 nitrogen and oxygen atoms in total. The van der Waals surface area contributed by atoms with Gasteiger partial charge in [-0.3, -0.25) is 10.1 Å². The third-order valence-electron chi connectivity index (χ3n) is 3.73. The van der Waals surface area contributed by atoms with Crippen LogP contribution in [0.15, 0.2) is 57.7 Å². The Hall–Kier alpha value is -3.25. The topological polar surface area (TPSA) is 137 Å². The maximum Gasteiger partial charge on any atom is 0.444 e. The van der Waals surface area contributed by atoms with Gasteiger partial charge in [-0.1, -0.05) is 17.2 Å². The molecule has 32 heavy (non-hydrogen) atoms. The van der Waals surface area contributed by atoms with Gasteiger partial charge < -0.3 is 27.5 Å². The molecule has 0 bridgehead atoms. The van der Waals surface area contributed by atoms with Crippen LogP contribution in [-0.2, 0) is 20.9 Å². The van der Waals surface area contributed by atoms with Crippen molar-refractivity contribution in [1.29, 1.82) is 0 Å². The number of rotatable bonds is 8. The number of hydrogen-bond acceptors (Lipinski definition) is 11. The summed E-state index contributed by atoms with van der Waals surface area (Å²) in [7, 11) is 5.66. The molecule has 3 rings (SSSR count). The predicted octanol–water partition coefficient (Wildman–Crippen LogP) is 3.33. The summed E-state index contributed by atoms with van der Waals surface area (Å²) in [6.45, 7) is -2.78. The lowest BCUT2D eigenvalue weighted by Gasteiger charge is -2.17. The van der Waals surface area contributed by atoms with E-state index in [4.69, 9.17) is 39.3 Å². The van der Waals surface area contributed by atoms with Gasteiger partial charge in [-0.2, -0.15) is 4.68 Å². The minimum atomic E-state index is -2.78. The molecule has 0 unspecified atom stereocenters. The molecular weight excluding hydrogens is 465 g/mol. The number of methoxy groups -OCH3 is 2. The van der Waals surface area contributed by atoms with Crippen molar-refractivity contribution in [1.82, 2.24) is 9.78 Å². The van der Waals surface area contributed by atoms with E-state index in [0.717, 1.165) is 4.68 Å². The number of hydrogen-bond donors (Lipinski definition) is 0. The van der Waals surface area contributed by atoms with Gasteiger partial charge in [-0.25, -0.2) is 4.79 Å². The fourth-order valence-electron chi connectivity index (χ4n) is 2.21. The van der Waals surface area contributed by atoms with Gasteiger partial charge in [0.2, 0.25) is 0 Å². The molecule has 0 saturated carbocycles. The van der Waals surface area contributed by atoms with Gasteiger partial charge in [-0.15, -0.1) is 0 Å². The summed E-state index contributed by atoms with van der Waals surface area (Å²) in [4.78, 5) is 21.4. The first-order chi connectivity index (χ1) is 15.3. The van der Waals surface area contributed by atoms with E-state index < -0.39 is 17.4 Å². The van der Waals surface area contributed by atoms with Crippen LogP contribution >= 0.6 is 6.72 Å². The van der Waals surface area contributed by atoms with Crippen LogP contribution in [0.1, 0.15) is 0 Å². The predicted molar refractivity (Wildman–Crippen MR) is 117 cm³/mol. The Morgan fingerprint density at radius 1 is 1.03 bits per heavy atom. The monoisotopic (exact) mass is 485 g/mol. The van der Waals surface area contributed by atoms with Crippen molar-refractivity contribution < 1.29 is 32.4 Å². The Kier molecular flexibility index (Phi) is 8.91. The number of nitro groups is 1. The fourth-order valence-corrected chi connectivity index (χ4v) is 3.14. The number of non-ortho nitro benzene ring substituents is 1. The molecule has 0 N–H and O–H groups in total. The van der Waals surface area contributed by atoms with Crippen molar-refractivity contribution in [3.05, 3.63) is 69.2 Å². The van der Waals surface area contributed by atoms with Crippen LogP contribution in [0.5, 0.6) is 17.6 Å². The van der Waals surface area contributed by atoms with Gasteiger partial charge in [0.05, 0.1) is 19.1 Å². The number of para-hydroxylation sites is 2. The van der Waals surface area contributed by atoms with Gasteiger partial charge >= 0.3 is 18.6 Å². The SMILES string of the molecule is COP(=S)(OC)Oc1ccc([N+](=O)[O-])cc1.COc1nn(-c2ccccc2OC)c(=O)o1. The lowest BCUT2D eigenvalue weighted by atomic mass is 10.3. The zero-order valence-electron chi connectivity index (χ0n) is 17.5. The van der Waals surface area contributed by atoms with Crippen LogP contribution in [0.25, 0.3) is 5.69 Å². The molecule has 0 aliphatic carbocycles. The number of benzene rings is 2. The van der Waals surface area contributed by atoms with Crippen LogP contribution in [-0.4, -0.2) is 43.1 Å². The molecule has 0 aliphatic heterocycles. The van der Waals surface area contributed by atoms with Gasteiger partial charge in [0.1, 0.15) is 17.2 Å². The molecule has 0 atom stereocenters. The molecule has 2 aromatic carbocycles. The molecule has 14 heteroatoms. The maximum absolute atomic E-state index is 11.5. The quantitative estimate of drug-likeness (QED) is 0.264. The van der Waals surface area contributed by atoms with Crippen molar-refractivity contribution in [3.8, 4) is 23.3 Å². The second-order valence-corrected chi connectivity index (χ2v) is 8.73. The van der Waals surface area contributed by atoms with Crippen molar-refractivity contribution >= 4 is 24.2 Å². The largest absolute Gasteiger partial charge is 0.494 e. The summed E-state index contributed by atoms with van der Waals surface area (Å²) in [5.74, 6) is 0.277. The molecule has 1 aromatic heterocycles. The zero-order chi connectivity index (χ0) is 23.7. The van der Waals surface area contributed by atoms with E-state index in [9.17, 15) is 14.9 Å². The molecular formula is C18H20N3O9PS. The molecule has 1 heterocycles. The Bertz CT molecular complexity index is 1140. The molecule has 0 fully saturated rings. The molecule has 0 saturated heterocycles. The van der Waals surface area contributed by atoms with Gasteiger partial charge in [0, 0.05) is 38.2 Å². The minimum Gasteiger partial charge on any atom is -0.494 e. The van der Waals surface area contributed by atoms with Crippen LogP contribution in [0.2, 0.25) is 0 Å². The second-order valence-electron chi connectivity index (χ2n) is 5.58. The molecule has 172 valence electrons. The highest BCUT2D eigenvalue weighted by Gasteiger charge is 2.18. The van der Waals surface area contributed by atoms with E-state index in [1.807, 2.05) is 0 Å². The van der Waals surface area contributed by atoms with Crippen molar-refractivity contribution in [2.24, 2.45) is 0 Å².